The molecule has 0 fully saturated rings. The van der Waals surface area contributed by atoms with Crippen LogP contribution >= 0.6 is 24.0 Å². The molecule has 6 nitrogen and oxygen atoms in total. The number of guanidine groups is 1. The number of halogens is 1. The quantitative estimate of drug-likeness (QED) is 0.251. The van der Waals surface area contributed by atoms with E-state index in [0.717, 1.165) is 23.3 Å². The molecule has 0 aromatic heterocycles. The van der Waals surface area contributed by atoms with Crippen LogP contribution in [0.2, 0.25) is 0 Å². The average molecular weight is 538 g/mol. The van der Waals surface area contributed by atoms with Gasteiger partial charge in [-0.05, 0) is 56.5 Å². The summed E-state index contributed by atoms with van der Waals surface area (Å²) in [6.07, 6.45) is 0.911. The summed E-state index contributed by atoms with van der Waals surface area (Å²) in [7, 11) is 1.75. The molecule has 2 rings (SSSR count). The lowest BCUT2D eigenvalue weighted by Crippen LogP contribution is -2.36. The van der Waals surface area contributed by atoms with Gasteiger partial charge in [-0.3, -0.25) is 9.79 Å². The summed E-state index contributed by atoms with van der Waals surface area (Å²) in [5.74, 6) is 1.56. The van der Waals surface area contributed by atoms with Crippen LogP contribution < -0.4 is 20.7 Å². The molecule has 31 heavy (non-hydrogen) atoms. The molecule has 1 atom stereocenters. The lowest BCUT2D eigenvalue weighted by molar-refractivity contribution is 0.0939. The largest absolute Gasteiger partial charge is 0.494 e. The highest BCUT2D eigenvalue weighted by molar-refractivity contribution is 14.0. The smallest absolute Gasteiger partial charge is 0.251 e. The Bertz CT molecular complexity index is 853. The van der Waals surface area contributed by atoms with Gasteiger partial charge in [0.25, 0.3) is 5.91 Å². The van der Waals surface area contributed by atoms with Gasteiger partial charge in [-0.2, -0.15) is 0 Å². The maximum atomic E-state index is 12.2. The van der Waals surface area contributed by atoms with Gasteiger partial charge < -0.3 is 20.7 Å². The maximum absolute atomic E-state index is 12.2. The van der Waals surface area contributed by atoms with Crippen LogP contribution in [-0.4, -0.2) is 31.6 Å². The number of benzene rings is 2. The zero-order valence-corrected chi connectivity index (χ0v) is 21.4. The third-order valence-electron chi connectivity index (χ3n) is 4.86. The lowest BCUT2D eigenvalue weighted by Gasteiger charge is -2.15. The van der Waals surface area contributed by atoms with Crippen LogP contribution in [0.4, 0.5) is 0 Å². The van der Waals surface area contributed by atoms with E-state index in [9.17, 15) is 4.79 Å². The highest BCUT2D eigenvalue weighted by Gasteiger charge is 2.09. The fraction of sp³-hybridized carbons (Fsp3) is 0.417. The van der Waals surface area contributed by atoms with Gasteiger partial charge in [-0.15, -0.1) is 24.0 Å². The minimum Gasteiger partial charge on any atom is -0.494 e. The predicted octanol–water partition coefficient (Wildman–Crippen LogP) is 4.41. The van der Waals surface area contributed by atoms with Crippen LogP contribution in [-0.2, 0) is 13.1 Å². The Hall–Kier alpha value is -2.29. The molecule has 1 amide bonds. The van der Waals surface area contributed by atoms with Crippen molar-refractivity contribution in [1.29, 1.82) is 0 Å². The van der Waals surface area contributed by atoms with Crippen LogP contribution in [0.5, 0.6) is 5.75 Å². The first-order valence-corrected chi connectivity index (χ1v) is 10.5. The monoisotopic (exact) mass is 538 g/mol. The van der Waals surface area contributed by atoms with Gasteiger partial charge in [-0.1, -0.05) is 31.2 Å². The second kappa shape index (κ2) is 13.9. The van der Waals surface area contributed by atoms with E-state index in [1.807, 2.05) is 38.1 Å². The molecule has 7 heteroatoms. The van der Waals surface area contributed by atoms with Crippen LogP contribution in [0.15, 0.2) is 47.5 Å². The Labute approximate surface area is 203 Å². The van der Waals surface area contributed by atoms with Crippen molar-refractivity contribution in [3.8, 4) is 5.75 Å². The van der Waals surface area contributed by atoms with Crippen molar-refractivity contribution in [2.24, 2.45) is 4.99 Å². The first-order valence-electron chi connectivity index (χ1n) is 10.5. The fourth-order valence-electron chi connectivity index (χ4n) is 2.87. The van der Waals surface area contributed by atoms with Crippen LogP contribution in [0, 0.1) is 6.92 Å². The molecule has 0 heterocycles. The SMILES string of the molecule is CCOc1cc(C)ccc1CNC(=NC)NCc1ccc(C(=O)NC(C)CC)cc1.I. The molecule has 0 aliphatic rings. The van der Waals surface area contributed by atoms with Gasteiger partial charge in [-0.25, -0.2) is 0 Å². The second-order valence-corrected chi connectivity index (χ2v) is 7.30. The number of carbonyl (C=O) groups excluding carboxylic acids is 1. The van der Waals surface area contributed by atoms with Crippen molar-refractivity contribution >= 4 is 35.8 Å². The number of aliphatic imine (C=N–C) groups is 1. The fourth-order valence-corrected chi connectivity index (χ4v) is 2.87. The molecule has 0 bridgehead atoms. The first kappa shape index (κ1) is 26.7. The zero-order valence-electron chi connectivity index (χ0n) is 19.1. The molecule has 0 saturated heterocycles. The highest BCUT2D eigenvalue weighted by Crippen LogP contribution is 2.20. The number of ether oxygens (including phenoxy) is 1. The maximum Gasteiger partial charge on any atom is 0.251 e. The summed E-state index contributed by atoms with van der Waals surface area (Å²) in [6, 6.07) is 14.0. The van der Waals surface area contributed by atoms with E-state index in [4.69, 9.17) is 4.74 Å². The summed E-state index contributed by atoms with van der Waals surface area (Å²) >= 11 is 0. The topological polar surface area (TPSA) is 74.8 Å². The number of hydrogen-bond acceptors (Lipinski definition) is 3. The summed E-state index contributed by atoms with van der Waals surface area (Å²) in [5.41, 5.74) is 4.00. The van der Waals surface area contributed by atoms with Crippen molar-refractivity contribution in [2.75, 3.05) is 13.7 Å². The summed E-state index contributed by atoms with van der Waals surface area (Å²) in [5, 5.41) is 9.61. The summed E-state index contributed by atoms with van der Waals surface area (Å²) in [4.78, 5) is 16.5. The number of aryl methyl sites for hydroxylation is 1. The van der Waals surface area contributed by atoms with Crippen molar-refractivity contribution < 1.29 is 9.53 Å². The number of amides is 1. The van der Waals surface area contributed by atoms with E-state index in [0.29, 0.717) is 31.2 Å². The number of nitrogens with zero attached hydrogens (tertiary/aromatic N) is 1. The number of hydrogen-bond donors (Lipinski definition) is 3. The van der Waals surface area contributed by atoms with Crippen molar-refractivity contribution in [1.82, 2.24) is 16.0 Å². The van der Waals surface area contributed by atoms with E-state index in [1.54, 1.807) is 7.05 Å². The Balaban J connectivity index is 0.00000480. The summed E-state index contributed by atoms with van der Waals surface area (Å²) in [6.45, 7) is 9.95. The van der Waals surface area contributed by atoms with E-state index in [-0.39, 0.29) is 35.9 Å². The van der Waals surface area contributed by atoms with Crippen molar-refractivity contribution in [2.45, 2.75) is 53.2 Å². The Kier molecular flexibility index (Phi) is 12.0. The van der Waals surface area contributed by atoms with Crippen molar-refractivity contribution in [3.05, 3.63) is 64.7 Å². The molecule has 0 saturated carbocycles. The molecule has 2 aromatic rings. The number of carbonyl (C=O) groups is 1. The van der Waals surface area contributed by atoms with Crippen LogP contribution in [0.1, 0.15) is 54.2 Å². The molecule has 1 unspecified atom stereocenters. The number of nitrogens with one attached hydrogen (secondary N) is 3. The van der Waals surface area contributed by atoms with E-state index in [2.05, 4.69) is 53.0 Å². The van der Waals surface area contributed by atoms with Gasteiger partial charge in [0.2, 0.25) is 0 Å². The Morgan fingerprint density at radius 2 is 1.74 bits per heavy atom. The molecule has 0 spiro atoms. The van der Waals surface area contributed by atoms with Gasteiger partial charge in [0.1, 0.15) is 5.75 Å². The third kappa shape index (κ3) is 8.77. The van der Waals surface area contributed by atoms with E-state index >= 15 is 0 Å². The third-order valence-corrected chi connectivity index (χ3v) is 4.86. The Morgan fingerprint density at radius 1 is 1.06 bits per heavy atom. The van der Waals surface area contributed by atoms with E-state index in [1.165, 1.54) is 5.56 Å². The second-order valence-electron chi connectivity index (χ2n) is 7.30. The van der Waals surface area contributed by atoms with Crippen LogP contribution in [0.25, 0.3) is 0 Å². The van der Waals surface area contributed by atoms with Gasteiger partial charge >= 0.3 is 0 Å². The minimum absolute atomic E-state index is 0. The first-order chi connectivity index (χ1) is 14.5. The normalized spacial score (nSPS) is 11.8. The molecule has 0 aliphatic heterocycles. The van der Waals surface area contributed by atoms with Gasteiger partial charge in [0.05, 0.1) is 6.61 Å². The summed E-state index contributed by atoms with van der Waals surface area (Å²) < 4.78 is 5.74. The molecular formula is C24H35IN4O2. The predicted molar refractivity (Wildman–Crippen MR) is 138 cm³/mol. The van der Waals surface area contributed by atoms with Crippen molar-refractivity contribution in [3.63, 3.8) is 0 Å². The average Bonchev–Trinajstić information content (AvgIpc) is 2.75. The molecule has 2 aromatic carbocycles. The van der Waals surface area contributed by atoms with Crippen LogP contribution in [0.3, 0.4) is 0 Å². The van der Waals surface area contributed by atoms with Gasteiger partial charge in [0.15, 0.2) is 5.96 Å². The molecular weight excluding hydrogens is 503 g/mol. The molecule has 3 N–H and O–H groups in total. The standard InChI is InChI=1S/C24H34N4O2.HI/c1-6-18(4)28-23(29)20-12-9-19(10-13-20)15-26-24(25-5)27-16-21-11-8-17(3)14-22(21)30-7-2;/h8-14,18H,6-7,15-16H2,1-5H3,(H,28,29)(H2,25,26,27);1H. The van der Waals surface area contributed by atoms with Gasteiger partial charge in [0, 0.05) is 37.3 Å². The minimum atomic E-state index is -0.0375. The molecule has 0 radical (unpaired) electrons. The lowest BCUT2D eigenvalue weighted by atomic mass is 10.1. The zero-order chi connectivity index (χ0) is 21.9. The molecule has 0 aliphatic carbocycles. The Morgan fingerprint density at radius 3 is 2.35 bits per heavy atom. The number of rotatable bonds is 9. The highest BCUT2D eigenvalue weighted by atomic mass is 127. The molecule has 170 valence electrons. The van der Waals surface area contributed by atoms with E-state index < -0.39 is 0 Å².